The number of aromatic nitrogens is 1. The molecule has 37 heavy (non-hydrogen) atoms. The molecule has 1 aromatic heterocycles. The summed E-state index contributed by atoms with van der Waals surface area (Å²) in [6, 6.07) is 4.64. The number of nitrogens with zero attached hydrogens (tertiary/aromatic N) is 2. The maximum atomic E-state index is 13.3. The monoisotopic (exact) mass is 531 g/mol. The number of fused-ring (bicyclic) bond motifs is 1. The Kier molecular flexibility index (Phi) is 10.0. The molecule has 1 aliphatic rings. The summed E-state index contributed by atoms with van der Waals surface area (Å²) in [5.41, 5.74) is 11.7. The molecule has 198 valence electrons. The highest BCUT2D eigenvalue weighted by Crippen LogP contribution is 2.36. The zero-order valence-corrected chi connectivity index (χ0v) is 21.2. The Morgan fingerprint density at radius 1 is 1.35 bits per heavy atom. The predicted octanol–water partition coefficient (Wildman–Crippen LogP) is 1.22. The minimum atomic E-state index is -1.41. The highest BCUT2D eigenvalue weighted by atomic mass is 32.1. The molecule has 12 nitrogen and oxygen atoms in total. The summed E-state index contributed by atoms with van der Waals surface area (Å²) in [7, 11) is -1.41. The molecule has 2 heterocycles. The summed E-state index contributed by atoms with van der Waals surface area (Å²) in [4.78, 5) is 46.5. The van der Waals surface area contributed by atoms with Crippen LogP contribution in [-0.4, -0.2) is 64.8 Å². The number of aromatic carboxylic acids is 1. The number of nitrogens with one attached hydrogen (secondary N) is 1. The van der Waals surface area contributed by atoms with Crippen molar-refractivity contribution in [2.45, 2.75) is 50.9 Å². The second-order valence-corrected chi connectivity index (χ2v) is 9.49. The van der Waals surface area contributed by atoms with E-state index in [1.54, 1.807) is 17.5 Å². The number of anilines is 1. The van der Waals surface area contributed by atoms with Crippen molar-refractivity contribution in [1.82, 2.24) is 10.3 Å². The summed E-state index contributed by atoms with van der Waals surface area (Å²) >= 11 is 1.11. The normalized spacial score (nSPS) is 15.9. The predicted molar refractivity (Wildman–Crippen MR) is 139 cm³/mol. The van der Waals surface area contributed by atoms with Gasteiger partial charge in [-0.25, -0.2) is 9.78 Å². The first-order chi connectivity index (χ1) is 17.7. The maximum Gasteiger partial charge on any atom is 0.526 e. The van der Waals surface area contributed by atoms with Crippen LogP contribution in [0.15, 0.2) is 28.7 Å². The molecule has 0 fully saturated rings. The van der Waals surface area contributed by atoms with Crippen molar-refractivity contribution in [2.24, 2.45) is 10.9 Å². The van der Waals surface area contributed by atoms with Gasteiger partial charge in [0, 0.05) is 24.2 Å². The van der Waals surface area contributed by atoms with Gasteiger partial charge in [0.2, 0.25) is 6.10 Å². The van der Waals surface area contributed by atoms with Crippen molar-refractivity contribution >= 4 is 47.0 Å². The summed E-state index contributed by atoms with van der Waals surface area (Å²) in [5, 5.41) is 28.3. The van der Waals surface area contributed by atoms with E-state index in [0.29, 0.717) is 18.7 Å². The minimum Gasteiger partial charge on any atom is -0.535 e. The number of oxime groups is 1. The molecule has 1 unspecified atom stereocenters. The van der Waals surface area contributed by atoms with Crippen molar-refractivity contribution in [3.8, 4) is 5.75 Å². The number of para-hydroxylation sites is 1. The van der Waals surface area contributed by atoms with Crippen molar-refractivity contribution < 1.29 is 34.0 Å². The molecule has 2 aromatic rings. The number of carboxylic acid groups (broad SMARTS) is 1. The molecule has 0 bridgehead atoms. The zero-order chi connectivity index (χ0) is 26.9. The largest absolute Gasteiger partial charge is 0.535 e. The highest BCUT2D eigenvalue weighted by Gasteiger charge is 2.39. The van der Waals surface area contributed by atoms with E-state index in [1.165, 1.54) is 13.0 Å². The Balaban J connectivity index is 1.70. The van der Waals surface area contributed by atoms with Gasteiger partial charge >= 0.3 is 13.1 Å². The summed E-state index contributed by atoms with van der Waals surface area (Å²) in [6.45, 7) is 2.57. The highest BCUT2D eigenvalue weighted by molar-refractivity contribution is 7.13. The van der Waals surface area contributed by atoms with E-state index in [2.05, 4.69) is 15.5 Å². The van der Waals surface area contributed by atoms with Gasteiger partial charge in [0.15, 0.2) is 16.6 Å². The number of hydrogen-bond acceptors (Lipinski definition) is 11. The first kappa shape index (κ1) is 28.1. The van der Waals surface area contributed by atoms with Gasteiger partial charge in [0.25, 0.3) is 5.91 Å². The quantitative estimate of drug-likeness (QED) is 0.108. The SMILES string of the molecule is CC(O/N=C(\C(=O)C[C@H]1Cc2cccc(C(=O)O)c2OB1O)c1csc(N)n1)C(=O)NCCCCCN. The molecule has 0 radical (unpaired) electrons. The Bertz CT molecular complexity index is 1160. The van der Waals surface area contributed by atoms with Crippen LogP contribution in [0.1, 0.15) is 54.2 Å². The number of carbonyl (C=O) groups excluding carboxylic acids is 2. The lowest BCUT2D eigenvalue weighted by molar-refractivity contribution is -0.131. The number of rotatable bonds is 13. The van der Waals surface area contributed by atoms with E-state index in [-0.39, 0.29) is 46.6 Å². The maximum absolute atomic E-state index is 13.3. The van der Waals surface area contributed by atoms with Gasteiger partial charge in [0.05, 0.1) is 5.56 Å². The molecular formula is C23H30BN5O7S. The lowest BCUT2D eigenvalue weighted by Gasteiger charge is -2.28. The van der Waals surface area contributed by atoms with Gasteiger partial charge in [-0.05, 0) is 44.4 Å². The summed E-state index contributed by atoms with van der Waals surface area (Å²) in [6.07, 6.45) is 1.59. The fourth-order valence-corrected chi connectivity index (χ4v) is 4.33. The van der Waals surface area contributed by atoms with E-state index in [1.807, 2.05) is 0 Å². The summed E-state index contributed by atoms with van der Waals surface area (Å²) in [5.74, 6) is -2.67. The number of nitrogen functional groups attached to an aromatic ring is 1. The lowest BCUT2D eigenvalue weighted by Crippen LogP contribution is -2.37. The Morgan fingerprint density at radius 2 is 2.14 bits per heavy atom. The molecular weight excluding hydrogens is 501 g/mol. The smallest absolute Gasteiger partial charge is 0.526 e. The number of Topliss-reactive ketones (excluding diaryl/α,β-unsaturated/α-hetero) is 1. The van der Waals surface area contributed by atoms with E-state index < -0.39 is 30.8 Å². The lowest BCUT2D eigenvalue weighted by atomic mass is 9.64. The Labute approximate surface area is 218 Å². The average Bonchev–Trinajstić information content (AvgIpc) is 3.29. The van der Waals surface area contributed by atoms with E-state index in [4.69, 9.17) is 21.0 Å². The standard InChI is InChI=1S/C23H30BN5O7S/c1-13(21(31)27-9-4-2-3-8-25)36-29-19(17-12-37-23(26)28-17)18(30)11-15-10-14-6-5-7-16(22(32)33)20(14)35-24(15)34/h5-7,12-13,15,34H,2-4,8-11,25H2,1H3,(H2,26,28)(H,27,31)(H,32,33)/b29-19-/t13?,15-/m1/s1. The topological polar surface area (TPSA) is 199 Å². The van der Waals surface area contributed by atoms with Crippen LogP contribution in [0, 0.1) is 0 Å². The Hall–Kier alpha value is -3.49. The van der Waals surface area contributed by atoms with E-state index in [0.717, 1.165) is 30.6 Å². The number of unbranched alkanes of at least 4 members (excludes halogenated alkanes) is 2. The number of thiazole rings is 1. The molecule has 14 heteroatoms. The number of amides is 1. The Morgan fingerprint density at radius 3 is 2.81 bits per heavy atom. The third-order valence-corrected chi connectivity index (χ3v) is 6.45. The van der Waals surface area contributed by atoms with Crippen LogP contribution in [0.3, 0.4) is 0 Å². The molecule has 1 aliphatic heterocycles. The number of ketones is 1. The van der Waals surface area contributed by atoms with Gasteiger partial charge in [-0.2, -0.15) is 0 Å². The van der Waals surface area contributed by atoms with Crippen LogP contribution in [0.5, 0.6) is 5.75 Å². The number of hydrogen-bond donors (Lipinski definition) is 5. The first-order valence-electron chi connectivity index (χ1n) is 11.9. The van der Waals surface area contributed by atoms with Crippen molar-refractivity contribution in [3.63, 3.8) is 0 Å². The van der Waals surface area contributed by atoms with Crippen molar-refractivity contribution in [1.29, 1.82) is 0 Å². The van der Waals surface area contributed by atoms with Crippen molar-refractivity contribution in [2.75, 3.05) is 18.8 Å². The molecule has 2 atom stereocenters. The third kappa shape index (κ3) is 7.51. The number of carbonyl (C=O) groups is 3. The molecule has 7 N–H and O–H groups in total. The van der Waals surface area contributed by atoms with Crippen LogP contribution in [-0.2, 0) is 20.8 Å². The van der Waals surface area contributed by atoms with Crippen molar-refractivity contribution in [3.05, 3.63) is 40.4 Å². The fourth-order valence-electron chi connectivity index (χ4n) is 3.78. The van der Waals surface area contributed by atoms with Gasteiger partial charge < -0.3 is 36.4 Å². The second kappa shape index (κ2) is 13.2. The fraction of sp³-hybridized carbons (Fsp3) is 0.435. The van der Waals surface area contributed by atoms with Crippen LogP contribution in [0.25, 0.3) is 0 Å². The van der Waals surface area contributed by atoms with E-state index >= 15 is 0 Å². The first-order valence-corrected chi connectivity index (χ1v) is 12.7. The van der Waals surface area contributed by atoms with Crippen LogP contribution in [0.2, 0.25) is 5.82 Å². The van der Waals surface area contributed by atoms with Gasteiger partial charge in [-0.15, -0.1) is 11.3 Å². The van der Waals surface area contributed by atoms with Crippen LogP contribution < -0.4 is 21.4 Å². The molecule has 0 saturated carbocycles. The van der Waals surface area contributed by atoms with Crippen LogP contribution >= 0.6 is 11.3 Å². The van der Waals surface area contributed by atoms with Gasteiger partial charge in [-0.3, -0.25) is 9.59 Å². The molecule has 0 saturated heterocycles. The van der Waals surface area contributed by atoms with Gasteiger partial charge in [-0.1, -0.05) is 23.7 Å². The zero-order valence-electron chi connectivity index (χ0n) is 20.4. The number of carboxylic acids is 1. The second-order valence-electron chi connectivity index (χ2n) is 8.60. The summed E-state index contributed by atoms with van der Waals surface area (Å²) < 4.78 is 5.48. The molecule has 0 spiro atoms. The third-order valence-electron chi connectivity index (χ3n) is 5.78. The minimum absolute atomic E-state index is 0.0680. The van der Waals surface area contributed by atoms with Crippen LogP contribution in [0.4, 0.5) is 5.13 Å². The molecule has 1 amide bonds. The number of benzene rings is 1. The number of nitrogens with two attached hydrogens (primary N) is 2. The average molecular weight is 531 g/mol. The molecule has 0 aliphatic carbocycles. The molecule has 1 aromatic carbocycles. The molecule has 3 rings (SSSR count). The van der Waals surface area contributed by atoms with Gasteiger partial charge in [0.1, 0.15) is 11.4 Å². The van der Waals surface area contributed by atoms with E-state index in [9.17, 15) is 24.5 Å².